The topological polar surface area (TPSA) is 19.4 Å². The van der Waals surface area contributed by atoms with Gasteiger partial charge in [0, 0.05) is 36.4 Å². The molecule has 0 aliphatic carbocycles. The van der Waals surface area contributed by atoms with E-state index >= 15 is 0 Å². The van der Waals surface area contributed by atoms with Gasteiger partial charge in [0.25, 0.3) is 0 Å². The summed E-state index contributed by atoms with van der Waals surface area (Å²) in [4.78, 5) is 8.49. The lowest BCUT2D eigenvalue weighted by Crippen LogP contribution is -2.47. The molecule has 0 bridgehead atoms. The Hall–Kier alpha value is -1.87. The van der Waals surface area contributed by atoms with Crippen LogP contribution in [0.3, 0.4) is 0 Å². The van der Waals surface area contributed by atoms with Crippen molar-refractivity contribution in [3.63, 3.8) is 0 Å². The average Bonchev–Trinajstić information content (AvgIpc) is 2.68. The molecule has 1 atom stereocenters. The molecule has 0 spiro atoms. The summed E-state index contributed by atoms with van der Waals surface area (Å²) in [5.41, 5.74) is 3.70. The monoisotopic (exact) mass is 268 g/mol. The van der Waals surface area contributed by atoms with Crippen LogP contribution in [0.15, 0.2) is 42.6 Å². The SMILES string of the molecule is [2H]C([2H])([2H])N1CCN2c3ncccc3Cc3ccccc3[C@@H]2C1. The molecule has 0 amide bonds. The van der Waals surface area contributed by atoms with Gasteiger partial charge in [-0.3, -0.25) is 0 Å². The van der Waals surface area contributed by atoms with E-state index in [2.05, 4.69) is 34.1 Å². The Labute approximate surface area is 124 Å². The van der Waals surface area contributed by atoms with Gasteiger partial charge in [-0.2, -0.15) is 0 Å². The molecule has 20 heavy (non-hydrogen) atoms. The van der Waals surface area contributed by atoms with Gasteiger partial charge in [-0.25, -0.2) is 4.98 Å². The van der Waals surface area contributed by atoms with Crippen LogP contribution in [0.5, 0.6) is 0 Å². The van der Waals surface area contributed by atoms with E-state index in [1.807, 2.05) is 18.3 Å². The van der Waals surface area contributed by atoms with E-state index in [1.54, 1.807) is 4.90 Å². The number of likely N-dealkylation sites (N-methyl/N-ethyl adjacent to an activating group) is 1. The van der Waals surface area contributed by atoms with Gasteiger partial charge in [-0.1, -0.05) is 30.3 Å². The van der Waals surface area contributed by atoms with E-state index in [0.717, 1.165) is 12.2 Å². The van der Waals surface area contributed by atoms with Crippen molar-refractivity contribution >= 4 is 5.82 Å². The molecular formula is C17H19N3. The number of rotatable bonds is 0. The van der Waals surface area contributed by atoms with E-state index in [0.29, 0.717) is 19.6 Å². The molecule has 2 aromatic rings. The third-order valence-corrected chi connectivity index (χ3v) is 4.31. The van der Waals surface area contributed by atoms with Crippen LogP contribution in [0.1, 0.15) is 26.8 Å². The lowest BCUT2D eigenvalue weighted by atomic mass is 9.96. The van der Waals surface area contributed by atoms with Crippen LogP contribution < -0.4 is 4.90 Å². The van der Waals surface area contributed by atoms with Gasteiger partial charge in [0.2, 0.25) is 0 Å². The summed E-state index contributed by atoms with van der Waals surface area (Å²) in [6, 6.07) is 12.5. The summed E-state index contributed by atoms with van der Waals surface area (Å²) in [6.07, 6.45) is 2.67. The molecule has 1 saturated heterocycles. The first kappa shape index (κ1) is 9.14. The number of hydrogen-bond acceptors (Lipinski definition) is 3. The molecule has 0 unspecified atom stereocenters. The lowest BCUT2D eigenvalue weighted by molar-refractivity contribution is 0.268. The molecule has 2 aliphatic heterocycles. The number of aromatic nitrogens is 1. The van der Waals surface area contributed by atoms with Crippen molar-refractivity contribution in [1.82, 2.24) is 9.88 Å². The van der Waals surface area contributed by atoms with Crippen LogP contribution in [-0.4, -0.2) is 36.5 Å². The van der Waals surface area contributed by atoms with Gasteiger partial charge in [0.15, 0.2) is 0 Å². The molecule has 2 aliphatic rings. The molecule has 1 fully saturated rings. The number of benzene rings is 1. The maximum atomic E-state index is 7.74. The third kappa shape index (κ3) is 1.81. The molecule has 1 aromatic carbocycles. The largest absolute Gasteiger partial charge is 0.347 e. The van der Waals surface area contributed by atoms with Gasteiger partial charge >= 0.3 is 0 Å². The molecular weight excluding hydrogens is 246 g/mol. The number of piperazine rings is 1. The second-order valence-electron chi connectivity index (χ2n) is 5.52. The number of pyridine rings is 1. The number of anilines is 1. The quantitative estimate of drug-likeness (QED) is 0.732. The van der Waals surface area contributed by atoms with Crippen molar-refractivity contribution in [2.45, 2.75) is 12.5 Å². The molecule has 0 N–H and O–H groups in total. The molecule has 102 valence electrons. The zero-order chi connectivity index (χ0) is 16.0. The van der Waals surface area contributed by atoms with Crippen molar-refractivity contribution in [2.75, 3.05) is 31.5 Å². The maximum Gasteiger partial charge on any atom is 0.132 e. The summed E-state index contributed by atoms with van der Waals surface area (Å²) >= 11 is 0. The first-order valence-electron chi connectivity index (χ1n) is 8.57. The molecule has 4 rings (SSSR count). The Kier molecular flexibility index (Phi) is 2.10. The van der Waals surface area contributed by atoms with Crippen LogP contribution in [0.2, 0.25) is 0 Å². The summed E-state index contributed by atoms with van der Waals surface area (Å²) < 4.78 is 23.2. The van der Waals surface area contributed by atoms with Gasteiger partial charge in [-0.15, -0.1) is 0 Å². The number of nitrogens with zero attached hydrogens (tertiary/aromatic N) is 3. The number of fused-ring (bicyclic) bond motifs is 5. The highest BCUT2D eigenvalue weighted by atomic mass is 15.3. The van der Waals surface area contributed by atoms with Crippen LogP contribution in [0.4, 0.5) is 5.82 Å². The standard InChI is InChI=1S/C17H19N3/c1-19-9-10-20-16(12-19)15-7-3-2-5-13(15)11-14-6-4-8-18-17(14)20/h2-8,16H,9-12H2,1H3/t16-/m0/s1/i1D3. The van der Waals surface area contributed by atoms with E-state index in [4.69, 9.17) is 4.11 Å². The Balaban J connectivity index is 1.82. The zero-order valence-electron chi connectivity index (χ0n) is 14.3. The van der Waals surface area contributed by atoms with Gasteiger partial charge in [0.05, 0.1) is 6.04 Å². The minimum atomic E-state index is -2.04. The summed E-state index contributed by atoms with van der Waals surface area (Å²) in [5, 5.41) is 0. The third-order valence-electron chi connectivity index (χ3n) is 4.31. The Morgan fingerprint density at radius 1 is 1.15 bits per heavy atom. The minimum absolute atomic E-state index is 0.0384. The van der Waals surface area contributed by atoms with Crippen LogP contribution in [0.25, 0.3) is 0 Å². The number of hydrogen-bond donors (Lipinski definition) is 0. The normalized spacial score (nSPS) is 24.5. The fraction of sp³-hybridized carbons (Fsp3) is 0.353. The van der Waals surface area contributed by atoms with Crippen molar-refractivity contribution in [3.05, 3.63) is 59.3 Å². The average molecular weight is 268 g/mol. The lowest BCUT2D eigenvalue weighted by Gasteiger charge is -2.41. The van der Waals surface area contributed by atoms with Crippen LogP contribution in [-0.2, 0) is 6.42 Å². The van der Waals surface area contributed by atoms with Gasteiger partial charge in [0.1, 0.15) is 5.82 Å². The van der Waals surface area contributed by atoms with Crippen LogP contribution in [0, 0.1) is 0 Å². The fourth-order valence-electron chi connectivity index (χ4n) is 3.35. The first-order valence-corrected chi connectivity index (χ1v) is 7.07. The maximum absolute atomic E-state index is 7.74. The Morgan fingerprint density at radius 2 is 2.05 bits per heavy atom. The van der Waals surface area contributed by atoms with Crippen molar-refractivity contribution in [1.29, 1.82) is 0 Å². The van der Waals surface area contributed by atoms with E-state index in [9.17, 15) is 0 Å². The van der Waals surface area contributed by atoms with Crippen molar-refractivity contribution in [2.24, 2.45) is 0 Å². The summed E-state index contributed by atoms with van der Waals surface area (Å²) in [6.45, 7) is -0.323. The summed E-state index contributed by atoms with van der Waals surface area (Å²) in [7, 11) is 0. The Bertz CT molecular complexity index is 729. The zero-order valence-corrected chi connectivity index (χ0v) is 11.3. The minimum Gasteiger partial charge on any atom is -0.347 e. The molecule has 3 heterocycles. The highest BCUT2D eigenvalue weighted by molar-refractivity contribution is 5.56. The fourth-order valence-corrected chi connectivity index (χ4v) is 3.35. The predicted molar refractivity (Wildman–Crippen MR) is 81.1 cm³/mol. The first-order chi connectivity index (χ1) is 11.0. The predicted octanol–water partition coefficient (Wildman–Crippen LogP) is 2.48. The molecule has 1 aromatic heterocycles. The second-order valence-corrected chi connectivity index (χ2v) is 5.52. The van der Waals surface area contributed by atoms with Gasteiger partial charge in [-0.05, 0) is 29.7 Å². The van der Waals surface area contributed by atoms with Crippen LogP contribution >= 0.6 is 0 Å². The van der Waals surface area contributed by atoms with Crippen molar-refractivity contribution < 1.29 is 4.11 Å². The molecule has 0 radical (unpaired) electrons. The smallest absolute Gasteiger partial charge is 0.132 e. The summed E-state index contributed by atoms with van der Waals surface area (Å²) in [5.74, 6) is 0.999. The highest BCUT2D eigenvalue weighted by Crippen LogP contribution is 2.37. The van der Waals surface area contributed by atoms with E-state index < -0.39 is 6.98 Å². The Morgan fingerprint density at radius 3 is 3.00 bits per heavy atom. The van der Waals surface area contributed by atoms with Crippen molar-refractivity contribution in [3.8, 4) is 0 Å². The van der Waals surface area contributed by atoms with E-state index in [-0.39, 0.29) is 6.04 Å². The molecule has 3 nitrogen and oxygen atoms in total. The molecule has 3 heteroatoms. The second kappa shape index (κ2) is 4.60. The van der Waals surface area contributed by atoms with E-state index in [1.165, 1.54) is 16.7 Å². The molecule has 0 saturated carbocycles. The highest BCUT2D eigenvalue weighted by Gasteiger charge is 2.32. The van der Waals surface area contributed by atoms with Gasteiger partial charge < -0.3 is 9.80 Å².